The number of piperidine rings is 1. The summed E-state index contributed by atoms with van der Waals surface area (Å²) < 4.78 is 65.5. The number of nitrogens with one attached hydrogen (secondary N) is 2. The van der Waals surface area contributed by atoms with Crippen LogP contribution in [0.3, 0.4) is 0 Å². The number of alkyl halides is 3. The summed E-state index contributed by atoms with van der Waals surface area (Å²) in [6.45, 7) is 0.0519. The van der Waals surface area contributed by atoms with Gasteiger partial charge in [0.25, 0.3) is 15.9 Å². The minimum atomic E-state index is -4.59. The minimum absolute atomic E-state index is 0.0519. The van der Waals surface area contributed by atoms with Gasteiger partial charge in [0.15, 0.2) is 0 Å². The first-order valence-electron chi connectivity index (χ1n) is 9.43. The Bertz CT molecular complexity index is 1230. The van der Waals surface area contributed by atoms with Crippen molar-refractivity contribution in [1.82, 2.24) is 10.2 Å². The van der Waals surface area contributed by atoms with E-state index in [0.29, 0.717) is 23.3 Å². The first-order valence-corrected chi connectivity index (χ1v) is 10.9. The Hall–Kier alpha value is -3.41. The van der Waals surface area contributed by atoms with E-state index in [1.807, 2.05) is 0 Å². The monoisotopic (exact) mass is 467 g/mol. The third-order valence-electron chi connectivity index (χ3n) is 5.27. The van der Waals surface area contributed by atoms with Crippen LogP contribution in [0.5, 0.6) is 0 Å². The molecule has 3 amide bonds. The van der Waals surface area contributed by atoms with Gasteiger partial charge in [-0.2, -0.15) is 13.2 Å². The summed E-state index contributed by atoms with van der Waals surface area (Å²) >= 11 is 0. The lowest BCUT2D eigenvalue weighted by Gasteiger charge is -2.29. The molecule has 168 valence electrons. The molecule has 2 aliphatic heterocycles. The first kappa shape index (κ1) is 21.8. The largest absolute Gasteiger partial charge is 0.416 e. The average Bonchev–Trinajstić information content (AvgIpc) is 3.03. The van der Waals surface area contributed by atoms with Gasteiger partial charge in [0.05, 0.1) is 10.5 Å². The lowest BCUT2D eigenvalue weighted by molar-refractivity contribution is -0.138. The highest BCUT2D eigenvalue weighted by Gasteiger charge is 2.39. The van der Waals surface area contributed by atoms with Gasteiger partial charge < -0.3 is 4.90 Å². The standard InChI is InChI=1S/C20H16F3N3O5S/c21-20(22,23)12-1-4-14(5-2-12)32(30,31)25-13-3-6-15-11(9-13)10-26(19(15)29)16-7-8-17(27)24-18(16)28/h1-6,9,16,25H,7-8,10H2,(H,24,27,28). The van der Waals surface area contributed by atoms with E-state index in [2.05, 4.69) is 10.0 Å². The molecular formula is C20H16F3N3O5S. The van der Waals surface area contributed by atoms with Crippen LogP contribution in [0.4, 0.5) is 18.9 Å². The molecule has 8 nitrogen and oxygen atoms in total. The SMILES string of the molecule is O=C1CCC(N2Cc3cc(NS(=O)(=O)c4ccc(C(F)(F)F)cc4)ccc3C2=O)C(=O)N1. The summed E-state index contributed by atoms with van der Waals surface area (Å²) in [7, 11) is -4.17. The smallest absolute Gasteiger partial charge is 0.322 e. The molecule has 1 unspecified atom stereocenters. The van der Waals surface area contributed by atoms with Crippen LogP contribution >= 0.6 is 0 Å². The van der Waals surface area contributed by atoms with Crippen LogP contribution in [0.25, 0.3) is 0 Å². The molecule has 12 heteroatoms. The highest BCUT2D eigenvalue weighted by atomic mass is 32.2. The summed E-state index contributed by atoms with van der Waals surface area (Å²) in [5.74, 6) is -1.38. The summed E-state index contributed by atoms with van der Waals surface area (Å²) in [6.07, 6.45) is -4.29. The zero-order valence-electron chi connectivity index (χ0n) is 16.3. The van der Waals surface area contributed by atoms with Gasteiger partial charge in [-0.1, -0.05) is 0 Å². The van der Waals surface area contributed by atoms with Crippen LogP contribution in [0, 0.1) is 0 Å². The molecule has 0 aromatic heterocycles. The number of imide groups is 1. The van der Waals surface area contributed by atoms with Gasteiger partial charge in [-0.15, -0.1) is 0 Å². The number of benzene rings is 2. The predicted octanol–water partition coefficient (Wildman–Crippen LogP) is 2.27. The maximum Gasteiger partial charge on any atom is 0.416 e. The number of hydrogen-bond acceptors (Lipinski definition) is 5. The maximum atomic E-state index is 12.7. The highest BCUT2D eigenvalue weighted by Crippen LogP contribution is 2.32. The van der Waals surface area contributed by atoms with Crippen molar-refractivity contribution in [3.63, 3.8) is 0 Å². The fourth-order valence-electron chi connectivity index (χ4n) is 3.68. The van der Waals surface area contributed by atoms with Crippen molar-refractivity contribution in [1.29, 1.82) is 0 Å². The van der Waals surface area contributed by atoms with E-state index >= 15 is 0 Å². The summed E-state index contributed by atoms with van der Waals surface area (Å²) in [4.78, 5) is 37.1. The zero-order chi connectivity index (χ0) is 23.3. The molecule has 0 saturated carbocycles. The summed E-state index contributed by atoms with van der Waals surface area (Å²) in [6, 6.07) is 6.45. The van der Waals surface area contributed by atoms with Crippen LogP contribution in [-0.4, -0.2) is 37.1 Å². The summed E-state index contributed by atoms with van der Waals surface area (Å²) in [5.41, 5.74) is -0.0814. The second kappa shape index (κ2) is 7.62. The Morgan fingerprint density at radius 3 is 2.34 bits per heavy atom. The second-order valence-electron chi connectivity index (χ2n) is 7.40. The number of fused-ring (bicyclic) bond motifs is 1. The van der Waals surface area contributed by atoms with Crippen molar-refractivity contribution in [3.05, 3.63) is 59.2 Å². The van der Waals surface area contributed by atoms with E-state index in [9.17, 15) is 36.0 Å². The molecule has 2 aromatic carbocycles. The van der Waals surface area contributed by atoms with Crippen molar-refractivity contribution in [2.45, 2.75) is 36.5 Å². The Balaban J connectivity index is 1.53. The van der Waals surface area contributed by atoms with E-state index in [1.165, 1.54) is 23.1 Å². The second-order valence-corrected chi connectivity index (χ2v) is 9.08. The van der Waals surface area contributed by atoms with Crippen LogP contribution in [0.2, 0.25) is 0 Å². The average molecular weight is 467 g/mol. The molecule has 32 heavy (non-hydrogen) atoms. The number of hydrogen-bond donors (Lipinski definition) is 2. The quantitative estimate of drug-likeness (QED) is 0.670. The Kier molecular flexibility index (Phi) is 5.19. The van der Waals surface area contributed by atoms with Gasteiger partial charge >= 0.3 is 6.18 Å². The fourth-order valence-corrected chi connectivity index (χ4v) is 4.72. The Labute approximate surface area is 180 Å². The van der Waals surface area contributed by atoms with Crippen LogP contribution in [0.1, 0.15) is 34.3 Å². The van der Waals surface area contributed by atoms with Gasteiger partial charge in [0.2, 0.25) is 11.8 Å². The topological polar surface area (TPSA) is 113 Å². The molecule has 1 atom stereocenters. The van der Waals surface area contributed by atoms with Gasteiger partial charge in [0, 0.05) is 24.2 Å². The molecule has 1 fully saturated rings. The van der Waals surface area contributed by atoms with Gasteiger partial charge in [-0.25, -0.2) is 8.42 Å². The molecule has 2 N–H and O–H groups in total. The van der Waals surface area contributed by atoms with Crippen LogP contribution in [-0.2, 0) is 32.3 Å². The number of nitrogens with zero attached hydrogens (tertiary/aromatic N) is 1. The predicted molar refractivity (Wildman–Crippen MR) is 105 cm³/mol. The third-order valence-corrected chi connectivity index (χ3v) is 6.66. The molecule has 0 aliphatic carbocycles. The first-order chi connectivity index (χ1) is 15.0. The van der Waals surface area contributed by atoms with Crippen molar-refractivity contribution < 1.29 is 36.0 Å². The maximum absolute atomic E-state index is 12.7. The van der Waals surface area contributed by atoms with E-state index in [-0.39, 0.29) is 30.0 Å². The van der Waals surface area contributed by atoms with Crippen molar-refractivity contribution in [3.8, 4) is 0 Å². The van der Waals surface area contributed by atoms with Gasteiger partial charge in [0.1, 0.15) is 6.04 Å². The molecule has 4 rings (SSSR count). The molecule has 0 bridgehead atoms. The van der Waals surface area contributed by atoms with E-state index in [0.717, 1.165) is 12.1 Å². The molecule has 1 saturated heterocycles. The number of carbonyl (C=O) groups is 3. The molecule has 2 heterocycles. The molecule has 0 radical (unpaired) electrons. The molecule has 0 spiro atoms. The number of halogens is 3. The lowest BCUT2D eigenvalue weighted by atomic mass is 10.0. The number of carbonyl (C=O) groups excluding carboxylic acids is 3. The summed E-state index contributed by atoms with van der Waals surface area (Å²) in [5, 5.41) is 2.19. The number of rotatable bonds is 4. The Morgan fingerprint density at radius 2 is 1.72 bits per heavy atom. The van der Waals surface area contributed by atoms with E-state index < -0.39 is 45.5 Å². The number of sulfonamides is 1. The number of anilines is 1. The third kappa shape index (κ3) is 4.05. The Morgan fingerprint density at radius 1 is 1.03 bits per heavy atom. The van der Waals surface area contributed by atoms with Crippen molar-refractivity contribution in [2.75, 3.05) is 4.72 Å². The fraction of sp³-hybridized carbons (Fsp3) is 0.250. The molecule has 2 aliphatic rings. The van der Waals surface area contributed by atoms with E-state index in [4.69, 9.17) is 0 Å². The molecule has 2 aromatic rings. The van der Waals surface area contributed by atoms with Crippen molar-refractivity contribution in [2.24, 2.45) is 0 Å². The van der Waals surface area contributed by atoms with Gasteiger partial charge in [-0.3, -0.25) is 24.4 Å². The van der Waals surface area contributed by atoms with Crippen LogP contribution in [0.15, 0.2) is 47.4 Å². The number of amides is 3. The normalized spacial score (nSPS) is 19.0. The highest BCUT2D eigenvalue weighted by molar-refractivity contribution is 7.92. The van der Waals surface area contributed by atoms with Gasteiger partial charge in [-0.05, 0) is 54.4 Å². The zero-order valence-corrected chi connectivity index (χ0v) is 17.1. The minimum Gasteiger partial charge on any atom is -0.322 e. The van der Waals surface area contributed by atoms with E-state index in [1.54, 1.807) is 0 Å². The lowest BCUT2D eigenvalue weighted by Crippen LogP contribution is -2.52. The van der Waals surface area contributed by atoms with Crippen molar-refractivity contribution >= 4 is 33.4 Å². The molecular weight excluding hydrogens is 451 g/mol. The van der Waals surface area contributed by atoms with Crippen LogP contribution < -0.4 is 10.0 Å².